The van der Waals surface area contributed by atoms with Crippen molar-refractivity contribution in [3.05, 3.63) is 54.6 Å². The number of rotatable bonds is 36. The molecule has 5 heteroatoms. The van der Waals surface area contributed by atoms with Gasteiger partial charge in [0.1, 0.15) is 6.61 Å². The number of anilines is 1. The fraction of sp³-hybridized carbons (Fsp3) is 0.733. The summed E-state index contributed by atoms with van der Waals surface area (Å²) in [5, 5.41) is 3.32. The van der Waals surface area contributed by atoms with Crippen LogP contribution < -0.4 is 5.32 Å². The van der Waals surface area contributed by atoms with Crippen LogP contribution in [0.4, 0.5) is 5.69 Å². The first-order valence-electron chi connectivity index (χ1n) is 21.1. The second kappa shape index (κ2) is 36.2. The van der Waals surface area contributed by atoms with E-state index in [1.807, 2.05) is 30.3 Å². The lowest BCUT2D eigenvalue weighted by Gasteiger charge is -2.19. The van der Waals surface area contributed by atoms with Gasteiger partial charge in [-0.3, -0.25) is 9.59 Å². The molecule has 0 spiro atoms. The molecule has 0 saturated carbocycles. The van der Waals surface area contributed by atoms with Gasteiger partial charge in [-0.05, 0) is 76.3 Å². The van der Waals surface area contributed by atoms with Crippen molar-refractivity contribution in [2.45, 2.75) is 200 Å². The Labute approximate surface area is 308 Å². The molecule has 0 bridgehead atoms. The number of carbonyl (C=O) groups excluding carboxylic acids is 2. The Morgan fingerprint density at radius 3 is 1.40 bits per heavy atom. The fourth-order valence-electron chi connectivity index (χ4n) is 6.11. The van der Waals surface area contributed by atoms with Crippen molar-refractivity contribution in [2.24, 2.45) is 0 Å². The third kappa shape index (κ3) is 31.4. The minimum Gasteiger partial charge on any atom is -0.462 e. The first kappa shape index (κ1) is 45.5. The first-order valence-corrected chi connectivity index (χ1v) is 21.1. The number of allylic oxidation sites excluding steroid dienone is 4. The number of hydrogen-bond donors (Lipinski definition) is 1. The molecule has 1 atom stereocenters. The van der Waals surface area contributed by atoms with Crippen LogP contribution in [0, 0.1) is 0 Å². The molecule has 0 amide bonds. The van der Waals surface area contributed by atoms with Crippen LogP contribution >= 0.6 is 0 Å². The van der Waals surface area contributed by atoms with Crippen LogP contribution in [-0.4, -0.2) is 31.2 Å². The van der Waals surface area contributed by atoms with Gasteiger partial charge in [-0.15, -0.1) is 0 Å². The number of esters is 2. The molecule has 5 nitrogen and oxygen atoms in total. The van der Waals surface area contributed by atoms with Crippen LogP contribution in [0.2, 0.25) is 0 Å². The maximum absolute atomic E-state index is 12.7. The molecule has 1 aromatic rings. The summed E-state index contributed by atoms with van der Waals surface area (Å²) in [6.45, 7) is 5.02. The van der Waals surface area contributed by atoms with Gasteiger partial charge < -0.3 is 14.8 Å². The fourth-order valence-corrected chi connectivity index (χ4v) is 6.11. The van der Waals surface area contributed by atoms with Gasteiger partial charge in [0.05, 0.1) is 6.54 Å². The Balaban J connectivity index is 2.16. The molecular formula is C45H77NO4. The molecule has 0 aromatic heterocycles. The molecule has 0 saturated heterocycles. The number of nitrogens with one attached hydrogen (secondary N) is 1. The highest BCUT2D eigenvalue weighted by atomic mass is 16.6. The van der Waals surface area contributed by atoms with Gasteiger partial charge in [-0.2, -0.15) is 0 Å². The summed E-state index contributed by atoms with van der Waals surface area (Å²) in [6.07, 6.45) is 41.6. The molecule has 0 aliphatic carbocycles. The third-order valence-electron chi connectivity index (χ3n) is 9.32. The second-order valence-electron chi connectivity index (χ2n) is 14.2. The number of unbranched alkanes of at least 4 members (excludes halogenated alkanes) is 22. The number of benzene rings is 1. The molecule has 1 aromatic carbocycles. The van der Waals surface area contributed by atoms with E-state index in [-0.39, 0.29) is 18.5 Å². The van der Waals surface area contributed by atoms with Crippen molar-refractivity contribution in [3.63, 3.8) is 0 Å². The lowest BCUT2D eigenvalue weighted by Crippen LogP contribution is -2.31. The van der Waals surface area contributed by atoms with E-state index in [2.05, 4.69) is 43.5 Å². The average molecular weight is 696 g/mol. The zero-order chi connectivity index (χ0) is 36.0. The Kier molecular flexibility index (Phi) is 32.9. The highest BCUT2D eigenvalue weighted by Gasteiger charge is 2.17. The molecule has 0 heterocycles. The molecule has 0 aliphatic rings. The van der Waals surface area contributed by atoms with Crippen LogP contribution in [0.5, 0.6) is 0 Å². The quantitative estimate of drug-likeness (QED) is 0.0430. The number of para-hydroxylation sites is 1. The lowest BCUT2D eigenvalue weighted by atomic mass is 10.1. The molecule has 0 aliphatic heterocycles. The smallest absolute Gasteiger partial charge is 0.306 e. The molecule has 0 fully saturated rings. The zero-order valence-corrected chi connectivity index (χ0v) is 32.6. The summed E-state index contributed by atoms with van der Waals surface area (Å²) in [4.78, 5) is 25.1. The Bertz CT molecular complexity index is 944. The first-order chi connectivity index (χ1) is 24.7. The maximum atomic E-state index is 12.7. The van der Waals surface area contributed by atoms with Crippen LogP contribution in [0.1, 0.15) is 194 Å². The highest BCUT2D eigenvalue weighted by molar-refractivity contribution is 5.70. The molecule has 0 radical (unpaired) electrons. The van der Waals surface area contributed by atoms with Crippen molar-refractivity contribution >= 4 is 17.6 Å². The summed E-state index contributed by atoms with van der Waals surface area (Å²) >= 11 is 0. The van der Waals surface area contributed by atoms with Gasteiger partial charge in [-0.1, -0.05) is 159 Å². The maximum Gasteiger partial charge on any atom is 0.306 e. The number of carbonyl (C=O) groups is 2. The minimum absolute atomic E-state index is 0.0852. The number of ether oxygens (including phenoxy) is 2. The van der Waals surface area contributed by atoms with Gasteiger partial charge in [0.25, 0.3) is 0 Å². The SMILES string of the molecule is CCCCCCCCC=CCCCCCCCC(=O)OC[C@H](CNc1ccccc1)OC(=O)CCCCCCCC=CCCCCCCCC. The number of hydrogen-bond acceptors (Lipinski definition) is 5. The predicted octanol–water partition coefficient (Wildman–Crippen LogP) is 13.6. The van der Waals surface area contributed by atoms with Gasteiger partial charge in [0.15, 0.2) is 6.10 Å². The highest BCUT2D eigenvalue weighted by Crippen LogP contribution is 2.13. The van der Waals surface area contributed by atoms with Crippen molar-refractivity contribution in [1.29, 1.82) is 0 Å². The summed E-state index contributed by atoms with van der Waals surface area (Å²) in [6, 6.07) is 9.84. The molecular weight excluding hydrogens is 618 g/mol. The van der Waals surface area contributed by atoms with Crippen LogP contribution in [0.25, 0.3) is 0 Å². The van der Waals surface area contributed by atoms with E-state index in [0.717, 1.165) is 57.1 Å². The van der Waals surface area contributed by atoms with Gasteiger partial charge >= 0.3 is 11.9 Å². The Morgan fingerprint density at radius 2 is 0.940 bits per heavy atom. The molecule has 50 heavy (non-hydrogen) atoms. The van der Waals surface area contributed by atoms with Gasteiger partial charge in [0, 0.05) is 18.5 Å². The minimum atomic E-state index is -0.510. The largest absolute Gasteiger partial charge is 0.462 e. The summed E-state index contributed by atoms with van der Waals surface area (Å²) in [5.41, 5.74) is 0.949. The summed E-state index contributed by atoms with van der Waals surface area (Å²) in [5.74, 6) is -0.420. The lowest BCUT2D eigenvalue weighted by molar-refractivity contribution is -0.158. The van der Waals surface area contributed by atoms with Crippen LogP contribution in [-0.2, 0) is 19.1 Å². The third-order valence-corrected chi connectivity index (χ3v) is 9.32. The van der Waals surface area contributed by atoms with Crippen LogP contribution in [0.3, 0.4) is 0 Å². The molecule has 1 rings (SSSR count). The Morgan fingerprint density at radius 1 is 0.540 bits per heavy atom. The monoisotopic (exact) mass is 696 g/mol. The van der Waals surface area contributed by atoms with Gasteiger partial charge in [0.2, 0.25) is 0 Å². The van der Waals surface area contributed by atoms with E-state index in [9.17, 15) is 9.59 Å². The molecule has 1 N–H and O–H groups in total. The standard InChI is InChI=1S/C45H77NO4/c1-3-5-7-9-11-13-15-17-19-21-23-25-27-29-34-38-44(47)49-41-43(40-46-42-36-32-31-33-37-42)50-45(48)39-35-30-28-26-24-22-20-18-16-14-12-10-8-6-4-2/h17-20,31-33,36-37,43,46H,3-16,21-30,34-35,38-41H2,1-2H3/t43-/m0/s1. The topological polar surface area (TPSA) is 64.6 Å². The summed E-state index contributed by atoms with van der Waals surface area (Å²) in [7, 11) is 0. The van der Waals surface area contributed by atoms with E-state index < -0.39 is 6.10 Å². The summed E-state index contributed by atoms with van der Waals surface area (Å²) < 4.78 is 11.4. The van der Waals surface area contributed by atoms with Crippen molar-refractivity contribution in [2.75, 3.05) is 18.5 Å². The Hall–Kier alpha value is -2.56. The van der Waals surface area contributed by atoms with E-state index in [0.29, 0.717) is 19.4 Å². The second-order valence-corrected chi connectivity index (χ2v) is 14.2. The van der Waals surface area contributed by atoms with E-state index in [4.69, 9.17) is 9.47 Å². The van der Waals surface area contributed by atoms with E-state index >= 15 is 0 Å². The van der Waals surface area contributed by atoms with Crippen LogP contribution in [0.15, 0.2) is 54.6 Å². The molecule has 0 unspecified atom stereocenters. The van der Waals surface area contributed by atoms with Crippen molar-refractivity contribution < 1.29 is 19.1 Å². The predicted molar refractivity (Wildman–Crippen MR) is 215 cm³/mol. The van der Waals surface area contributed by atoms with Gasteiger partial charge in [-0.25, -0.2) is 0 Å². The molecule has 286 valence electrons. The van der Waals surface area contributed by atoms with E-state index in [1.165, 1.54) is 116 Å². The normalized spacial score (nSPS) is 12.1. The zero-order valence-electron chi connectivity index (χ0n) is 32.6. The average Bonchev–Trinajstić information content (AvgIpc) is 3.13. The van der Waals surface area contributed by atoms with Crippen molar-refractivity contribution in [3.8, 4) is 0 Å². The van der Waals surface area contributed by atoms with E-state index in [1.54, 1.807) is 0 Å². The van der Waals surface area contributed by atoms with Crippen molar-refractivity contribution in [1.82, 2.24) is 0 Å².